The second kappa shape index (κ2) is 7.88. The first-order valence-corrected chi connectivity index (χ1v) is 11.8. The molecular formula is C26H23N5S. The van der Waals surface area contributed by atoms with Crippen molar-refractivity contribution < 1.29 is 0 Å². The minimum atomic E-state index is 0.0863. The van der Waals surface area contributed by atoms with Gasteiger partial charge in [0.2, 0.25) is 5.95 Å². The molecule has 1 aromatic carbocycles. The van der Waals surface area contributed by atoms with Gasteiger partial charge in [-0.15, -0.1) is 11.3 Å². The second-order valence-electron chi connectivity index (χ2n) is 8.07. The van der Waals surface area contributed by atoms with E-state index >= 15 is 0 Å². The Labute approximate surface area is 190 Å². The van der Waals surface area contributed by atoms with E-state index in [4.69, 9.17) is 9.97 Å². The monoisotopic (exact) mass is 437 g/mol. The van der Waals surface area contributed by atoms with Gasteiger partial charge in [0.15, 0.2) is 0 Å². The van der Waals surface area contributed by atoms with Crippen LogP contribution in [0.2, 0.25) is 0 Å². The van der Waals surface area contributed by atoms with Gasteiger partial charge in [0, 0.05) is 63.2 Å². The number of aromatic nitrogens is 4. The third kappa shape index (κ3) is 3.19. The number of H-pyrrole nitrogens is 1. The van der Waals surface area contributed by atoms with E-state index in [2.05, 4.69) is 58.2 Å². The van der Waals surface area contributed by atoms with E-state index in [-0.39, 0.29) is 6.04 Å². The summed E-state index contributed by atoms with van der Waals surface area (Å²) in [5.74, 6) is 0.767. The Bertz CT molecular complexity index is 1370. The number of anilines is 1. The van der Waals surface area contributed by atoms with E-state index in [0.717, 1.165) is 36.5 Å². The molecule has 0 spiro atoms. The van der Waals surface area contributed by atoms with Crippen molar-refractivity contribution in [2.24, 2.45) is 0 Å². The van der Waals surface area contributed by atoms with Crippen molar-refractivity contribution in [1.29, 1.82) is 0 Å². The minimum Gasteiger partial charge on any atom is -0.356 e. The van der Waals surface area contributed by atoms with Crippen LogP contribution in [0.4, 0.5) is 5.95 Å². The largest absolute Gasteiger partial charge is 0.356 e. The molecule has 0 aliphatic carbocycles. The van der Waals surface area contributed by atoms with Crippen LogP contribution in [-0.2, 0) is 12.8 Å². The molecule has 4 aromatic heterocycles. The fourth-order valence-electron chi connectivity index (χ4n) is 4.65. The van der Waals surface area contributed by atoms with Crippen LogP contribution in [0.25, 0.3) is 22.0 Å². The molecule has 1 aliphatic heterocycles. The van der Waals surface area contributed by atoms with Crippen molar-refractivity contribution in [3.63, 3.8) is 0 Å². The van der Waals surface area contributed by atoms with Crippen molar-refractivity contribution in [2.45, 2.75) is 25.8 Å². The molecule has 6 rings (SSSR count). The van der Waals surface area contributed by atoms with Crippen LogP contribution in [0.3, 0.4) is 0 Å². The molecule has 0 bridgehead atoms. The highest BCUT2D eigenvalue weighted by atomic mass is 32.1. The molecule has 1 N–H and O–H groups in total. The SMILES string of the molecule is CCc1ccc(C2c3[nH]c4ccccc4c3CCN2c2ncc(-c3ccncc3)cn2)s1. The number of hydrogen-bond acceptors (Lipinski definition) is 5. The number of aromatic amines is 1. The van der Waals surface area contributed by atoms with Gasteiger partial charge in [-0.05, 0) is 54.3 Å². The number of nitrogens with one attached hydrogen (secondary N) is 1. The van der Waals surface area contributed by atoms with E-state index in [1.807, 2.05) is 35.9 Å². The molecule has 0 saturated carbocycles. The van der Waals surface area contributed by atoms with Gasteiger partial charge in [0.05, 0.1) is 0 Å². The number of rotatable bonds is 4. The molecule has 32 heavy (non-hydrogen) atoms. The van der Waals surface area contributed by atoms with E-state index in [1.54, 1.807) is 12.4 Å². The molecule has 1 atom stereocenters. The molecule has 0 radical (unpaired) electrons. The number of fused-ring (bicyclic) bond motifs is 3. The summed E-state index contributed by atoms with van der Waals surface area (Å²) in [5, 5.41) is 1.33. The fourth-order valence-corrected chi connectivity index (χ4v) is 5.72. The Morgan fingerprint density at radius 2 is 1.81 bits per heavy atom. The number of pyridine rings is 1. The molecule has 0 fully saturated rings. The van der Waals surface area contributed by atoms with E-state index in [0.29, 0.717) is 0 Å². The van der Waals surface area contributed by atoms with E-state index in [1.165, 1.54) is 31.9 Å². The first kappa shape index (κ1) is 19.2. The fraction of sp³-hybridized carbons (Fsp3) is 0.192. The zero-order chi connectivity index (χ0) is 21.5. The lowest BCUT2D eigenvalue weighted by molar-refractivity contribution is 0.634. The van der Waals surface area contributed by atoms with Crippen molar-refractivity contribution >= 4 is 28.2 Å². The van der Waals surface area contributed by atoms with Gasteiger partial charge < -0.3 is 9.88 Å². The number of hydrogen-bond donors (Lipinski definition) is 1. The Morgan fingerprint density at radius 3 is 2.59 bits per heavy atom. The molecule has 5 aromatic rings. The van der Waals surface area contributed by atoms with Crippen molar-refractivity contribution in [3.8, 4) is 11.1 Å². The highest BCUT2D eigenvalue weighted by Gasteiger charge is 2.34. The van der Waals surface area contributed by atoms with Crippen LogP contribution < -0.4 is 4.90 Å². The van der Waals surface area contributed by atoms with Crippen molar-refractivity contribution in [2.75, 3.05) is 11.4 Å². The van der Waals surface area contributed by atoms with Gasteiger partial charge in [-0.3, -0.25) is 4.98 Å². The second-order valence-corrected chi connectivity index (χ2v) is 9.27. The van der Waals surface area contributed by atoms with Gasteiger partial charge in [-0.2, -0.15) is 0 Å². The summed E-state index contributed by atoms with van der Waals surface area (Å²) in [6.07, 6.45) is 9.45. The maximum atomic E-state index is 4.79. The Morgan fingerprint density at radius 1 is 1.00 bits per heavy atom. The molecule has 6 heteroatoms. The lowest BCUT2D eigenvalue weighted by Crippen LogP contribution is -2.36. The minimum absolute atomic E-state index is 0.0863. The smallest absolute Gasteiger partial charge is 0.226 e. The molecule has 1 unspecified atom stereocenters. The van der Waals surface area contributed by atoms with E-state index in [9.17, 15) is 0 Å². The highest BCUT2D eigenvalue weighted by molar-refractivity contribution is 7.12. The van der Waals surface area contributed by atoms with Gasteiger partial charge in [0.1, 0.15) is 6.04 Å². The van der Waals surface area contributed by atoms with Gasteiger partial charge in [0.25, 0.3) is 0 Å². The normalized spacial score (nSPS) is 15.8. The third-order valence-corrected chi connectivity index (χ3v) is 7.53. The lowest BCUT2D eigenvalue weighted by Gasteiger charge is -2.35. The number of nitrogens with zero attached hydrogens (tertiary/aromatic N) is 4. The predicted octanol–water partition coefficient (Wildman–Crippen LogP) is 5.80. The molecule has 1 aliphatic rings. The number of benzene rings is 1. The predicted molar refractivity (Wildman–Crippen MR) is 130 cm³/mol. The molecule has 5 heterocycles. The van der Waals surface area contributed by atoms with Gasteiger partial charge in [-0.1, -0.05) is 25.1 Å². The quantitative estimate of drug-likeness (QED) is 0.386. The van der Waals surface area contributed by atoms with Gasteiger partial charge in [-0.25, -0.2) is 9.97 Å². The summed E-state index contributed by atoms with van der Waals surface area (Å²) in [6.45, 7) is 3.09. The summed E-state index contributed by atoms with van der Waals surface area (Å²) in [7, 11) is 0. The van der Waals surface area contributed by atoms with Crippen molar-refractivity contribution in [1.82, 2.24) is 19.9 Å². The molecule has 0 amide bonds. The van der Waals surface area contributed by atoms with Crippen LogP contribution >= 0.6 is 11.3 Å². The summed E-state index contributed by atoms with van der Waals surface area (Å²) in [5.41, 5.74) is 5.96. The Balaban J connectivity index is 1.45. The average Bonchev–Trinajstić information content (AvgIpc) is 3.49. The summed E-state index contributed by atoms with van der Waals surface area (Å²) < 4.78 is 0. The average molecular weight is 438 g/mol. The zero-order valence-corrected chi connectivity index (χ0v) is 18.6. The summed E-state index contributed by atoms with van der Waals surface area (Å²) in [6, 6.07) is 17.2. The maximum Gasteiger partial charge on any atom is 0.226 e. The first-order chi connectivity index (χ1) is 15.8. The number of para-hydroxylation sites is 1. The number of aryl methyl sites for hydroxylation is 1. The maximum absolute atomic E-state index is 4.79. The first-order valence-electron chi connectivity index (χ1n) is 11.0. The molecule has 158 valence electrons. The van der Waals surface area contributed by atoms with Crippen LogP contribution in [0.15, 0.2) is 73.3 Å². The van der Waals surface area contributed by atoms with Crippen LogP contribution in [-0.4, -0.2) is 26.5 Å². The van der Waals surface area contributed by atoms with Crippen LogP contribution in [0, 0.1) is 0 Å². The van der Waals surface area contributed by atoms with Crippen LogP contribution in [0.5, 0.6) is 0 Å². The Kier molecular flexibility index (Phi) is 4.72. The standard InChI is InChI=1S/C26H23N5S/c1-2-19-7-8-23(32-19)25-24-21(20-5-3-4-6-22(20)30-24)11-14-31(25)26-28-15-18(16-29-26)17-9-12-27-13-10-17/h3-10,12-13,15-16,25,30H,2,11,14H2,1H3. The molecule has 5 nitrogen and oxygen atoms in total. The Hall–Kier alpha value is -3.51. The summed E-state index contributed by atoms with van der Waals surface area (Å²) in [4.78, 5) is 22.5. The zero-order valence-electron chi connectivity index (χ0n) is 17.8. The molecular weight excluding hydrogens is 414 g/mol. The van der Waals surface area contributed by atoms with Gasteiger partial charge >= 0.3 is 0 Å². The van der Waals surface area contributed by atoms with Crippen molar-refractivity contribution in [3.05, 3.63) is 94.3 Å². The van der Waals surface area contributed by atoms with Crippen LogP contribution in [0.1, 0.15) is 34.0 Å². The molecule has 0 saturated heterocycles. The third-order valence-electron chi connectivity index (χ3n) is 6.24. The number of thiophene rings is 1. The topological polar surface area (TPSA) is 57.7 Å². The highest BCUT2D eigenvalue weighted by Crippen LogP contribution is 2.42. The summed E-state index contributed by atoms with van der Waals surface area (Å²) >= 11 is 1.89. The van der Waals surface area contributed by atoms with E-state index < -0.39 is 0 Å². The lowest BCUT2D eigenvalue weighted by atomic mass is 9.96.